The molecule has 7 nitrogen and oxygen atoms in total. The number of amides is 2. The number of carbonyl (C=O) groups is 2. The van der Waals surface area contributed by atoms with Crippen LogP contribution in [-0.4, -0.2) is 49.6 Å². The van der Waals surface area contributed by atoms with Crippen LogP contribution in [0, 0.1) is 0 Å². The monoisotopic (exact) mass is 368 g/mol. The highest BCUT2D eigenvalue weighted by atomic mass is 16.5. The summed E-state index contributed by atoms with van der Waals surface area (Å²) in [5.41, 5.74) is 1.64. The number of ether oxygens (including phenoxy) is 1. The minimum absolute atomic E-state index is 0.115. The number of hydrogen-bond acceptors (Lipinski definition) is 5. The summed E-state index contributed by atoms with van der Waals surface area (Å²) in [4.78, 5) is 30.4. The molecule has 1 fully saturated rings. The van der Waals surface area contributed by atoms with Crippen molar-refractivity contribution >= 4 is 23.3 Å². The minimum atomic E-state index is -0.128. The Morgan fingerprint density at radius 3 is 2.56 bits per heavy atom. The summed E-state index contributed by atoms with van der Waals surface area (Å²) in [5, 5.41) is 5.60. The summed E-state index contributed by atoms with van der Waals surface area (Å²) < 4.78 is 5.34. The predicted octanol–water partition coefficient (Wildman–Crippen LogP) is 2.07. The van der Waals surface area contributed by atoms with E-state index in [1.165, 1.54) is 0 Å². The third-order valence-corrected chi connectivity index (χ3v) is 4.29. The van der Waals surface area contributed by atoms with Crippen molar-refractivity contribution in [1.29, 1.82) is 0 Å². The normalized spacial score (nSPS) is 13.9. The molecular formula is C20H24N4O3. The Kier molecular flexibility index (Phi) is 6.76. The van der Waals surface area contributed by atoms with Crippen LogP contribution >= 0.6 is 0 Å². The number of anilines is 2. The Balaban J connectivity index is 1.37. The van der Waals surface area contributed by atoms with Crippen LogP contribution in [0.15, 0.2) is 48.7 Å². The lowest BCUT2D eigenvalue weighted by molar-refractivity contribution is -0.116. The lowest BCUT2D eigenvalue weighted by atomic mass is 10.2. The molecule has 2 aromatic rings. The maximum absolute atomic E-state index is 12.0. The molecule has 0 radical (unpaired) electrons. The van der Waals surface area contributed by atoms with E-state index in [0.29, 0.717) is 30.8 Å². The Morgan fingerprint density at radius 2 is 1.85 bits per heavy atom. The molecule has 1 aromatic carbocycles. The van der Waals surface area contributed by atoms with Gasteiger partial charge in [0.05, 0.1) is 25.1 Å². The van der Waals surface area contributed by atoms with E-state index >= 15 is 0 Å². The van der Waals surface area contributed by atoms with Crippen LogP contribution in [0.3, 0.4) is 0 Å². The summed E-state index contributed by atoms with van der Waals surface area (Å²) in [5.74, 6) is 0.289. The highest BCUT2D eigenvalue weighted by Gasteiger charge is 2.12. The topological polar surface area (TPSA) is 83.6 Å². The molecule has 2 N–H and O–H groups in total. The Hall–Kier alpha value is -2.93. The summed E-state index contributed by atoms with van der Waals surface area (Å²) in [6, 6.07) is 12.8. The lowest BCUT2D eigenvalue weighted by Gasteiger charge is -2.28. The average molecular weight is 368 g/mol. The first kappa shape index (κ1) is 18.8. The number of morpholine rings is 1. The molecule has 0 atom stereocenters. The first-order valence-corrected chi connectivity index (χ1v) is 9.14. The fourth-order valence-corrected chi connectivity index (χ4v) is 2.82. The van der Waals surface area contributed by atoms with Gasteiger partial charge >= 0.3 is 0 Å². The van der Waals surface area contributed by atoms with Gasteiger partial charge in [-0.2, -0.15) is 0 Å². The summed E-state index contributed by atoms with van der Waals surface area (Å²) in [6.45, 7) is 3.59. The third kappa shape index (κ3) is 5.79. The van der Waals surface area contributed by atoms with Gasteiger partial charge in [0.1, 0.15) is 5.82 Å². The summed E-state index contributed by atoms with van der Waals surface area (Å²) >= 11 is 0. The van der Waals surface area contributed by atoms with Gasteiger partial charge in [-0.15, -0.1) is 0 Å². The Morgan fingerprint density at radius 1 is 1.07 bits per heavy atom. The van der Waals surface area contributed by atoms with Gasteiger partial charge in [-0.1, -0.05) is 18.2 Å². The molecule has 1 saturated heterocycles. The molecular weight excluding hydrogens is 344 g/mol. The lowest BCUT2D eigenvalue weighted by Crippen LogP contribution is -2.36. The second-order valence-electron chi connectivity index (χ2n) is 6.27. The number of pyridine rings is 1. The molecule has 2 amide bonds. The van der Waals surface area contributed by atoms with Crippen molar-refractivity contribution in [2.75, 3.05) is 43.1 Å². The van der Waals surface area contributed by atoms with Crippen LogP contribution < -0.4 is 15.5 Å². The number of aromatic nitrogens is 1. The van der Waals surface area contributed by atoms with Gasteiger partial charge in [0.2, 0.25) is 5.91 Å². The van der Waals surface area contributed by atoms with Gasteiger partial charge < -0.3 is 20.3 Å². The molecule has 1 aromatic heterocycles. The fraction of sp³-hybridized carbons (Fsp3) is 0.350. The molecule has 27 heavy (non-hydrogen) atoms. The average Bonchev–Trinajstić information content (AvgIpc) is 2.73. The second kappa shape index (κ2) is 9.68. The van der Waals surface area contributed by atoms with E-state index < -0.39 is 0 Å². The fourth-order valence-electron chi connectivity index (χ4n) is 2.82. The van der Waals surface area contributed by atoms with Gasteiger partial charge in [0, 0.05) is 31.6 Å². The molecule has 3 rings (SSSR count). The van der Waals surface area contributed by atoms with Gasteiger partial charge in [0.15, 0.2) is 0 Å². The first-order chi connectivity index (χ1) is 13.2. The van der Waals surface area contributed by atoms with E-state index in [0.717, 1.165) is 32.0 Å². The van der Waals surface area contributed by atoms with Crippen molar-refractivity contribution in [2.24, 2.45) is 0 Å². The van der Waals surface area contributed by atoms with Crippen LogP contribution in [0.5, 0.6) is 0 Å². The van der Waals surface area contributed by atoms with Crippen molar-refractivity contribution in [3.63, 3.8) is 0 Å². The maximum Gasteiger partial charge on any atom is 0.251 e. The minimum Gasteiger partial charge on any atom is -0.378 e. The zero-order valence-corrected chi connectivity index (χ0v) is 15.2. The van der Waals surface area contributed by atoms with Crippen LogP contribution in [0.4, 0.5) is 11.5 Å². The largest absolute Gasteiger partial charge is 0.378 e. The Bertz CT molecular complexity index is 744. The van der Waals surface area contributed by atoms with Crippen LogP contribution in [-0.2, 0) is 9.53 Å². The molecule has 0 spiro atoms. The van der Waals surface area contributed by atoms with Crippen LogP contribution in [0.25, 0.3) is 0 Å². The maximum atomic E-state index is 12.0. The zero-order chi connectivity index (χ0) is 18.9. The number of nitrogens with one attached hydrogen (secondary N) is 2. The molecule has 2 heterocycles. The van der Waals surface area contributed by atoms with Gasteiger partial charge in [0.25, 0.3) is 5.91 Å². The smallest absolute Gasteiger partial charge is 0.251 e. The zero-order valence-electron chi connectivity index (χ0n) is 15.2. The van der Waals surface area contributed by atoms with E-state index in [9.17, 15) is 9.59 Å². The number of rotatable bonds is 7. The van der Waals surface area contributed by atoms with Gasteiger partial charge in [-0.05, 0) is 30.7 Å². The standard InChI is InChI=1S/C20H24N4O3/c25-19(7-4-10-21-20(26)16-5-2-1-3-6-16)23-18-9-8-17(15-22-18)24-11-13-27-14-12-24/h1-3,5-6,8-9,15H,4,7,10-14H2,(H,21,26)(H,22,23,25). The Labute approximate surface area is 158 Å². The molecule has 7 heteroatoms. The van der Waals surface area contributed by atoms with Crippen molar-refractivity contribution in [1.82, 2.24) is 10.3 Å². The van der Waals surface area contributed by atoms with E-state index in [1.54, 1.807) is 24.4 Å². The van der Waals surface area contributed by atoms with E-state index in [2.05, 4.69) is 20.5 Å². The van der Waals surface area contributed by atoms with E-state index in [-0.39, 0.29) is 11.8 Å². The van der Waals surface area contributed by atoms with Crippen LogP contribution in [0.2, 0.25) is 0 Å². The number of benzene rings is 1. The molecule has 0 unspecified atom stereocenters. The highest BCUT2D eigenvalue weighted by molar-refractivity contribution is 5.94. The molecule has 1 aliphatic rings. The van der Waals surface area contributed by atoms with Crippen molar-refractivity contribution in [2.45, 2.75) is 12.8 Å². The predicted molar refractivity (Wildman–Crippen MR) is 104 cm³/mol. The van der Waals surface area contributed by atoms with Crippen molar-refractivity contribution in [3.8, 4) is 0 Å². The second-order valence-corrected chi connectivity index (χ2v) is 6.27. The molecule has 0 aliphatic carbocycles. The van der Waals surface area contributed by atoms with Crippen LogP contribution in [0.1, 0.15) is 23.2 Å². The van der Waals surface area contributed by atoms with Crippen molar-refractivity contribution in [3.05, 3.63) is 54.2 Å². The first-order valence-electron chi connectivity index (χ1n) is 9.14. The number of hydrogen-bond donors (Lipinski definition) is 2. The number of nitrogens with zero attached hydrogens (tertiary/aromatic N) is 2. The van der Waals surface area contributed by atoms with Gasteiger partial charge in [-0.3, -0.25) is 9.59 Å². The van der Waals surface area contributed by atoms with E-state index in [4.69, 9.17) is 4.74 Å². The molecule has 1 aliphatic heterocycles. The SMILES string of the molecule is O=C(CCCNC(=O)c1ccccc1)Nc1ccc(N2CCOCC2)cn1. The summed E-state index contributed by atoms with van der Waals surface area (Å²) in [6.07, 6.45) is 2.65. The third-order valence-electron chi connectivity index (χ3n) is 4.29. The van der Waals surface area contributed by atoms with Gasteiger partial charge in [-0.25, -0.2) is 4.98 Å². The highest BCUT2D eigenvalue weighted by Crippen LogP contribution is 2.16. The van der Waals surface area contributed by atoms with Crippen molar-refractivity contribution < 1.29 is 14.3 Å². The quantitative estimate of drug-likeness (QED) is 0.731. The van der Waals surface area contributed by atoms with E-state index in [1.807, 2.05) is 24.3 Å². The number of carbonyl (C=O) groups excluding carboxylic acids is 2. The molecule has 142 valence electrons. The molecule has 0 saturated carbocycles. The molecule has 0 bridgehead atoms. The summed E-state index contributed by atoms with van der Waals surface area (Å²) in [7, 11) is 0.